The lowest BCUT2D eigenvalue weighted by Crippen LogP contribution is -2.26. The van der Waals surface area contributed by atoms with Crippen LogP contribution in [0.4, 0.5) is 0 Å². The molecule has 2 amide bonds. The Morgan fingerprint density at radius 1 is 0.966 bits per heavy atom. The van der Waals surface area contributed by atoms with Crippen molar-refractivity contribution in [3.05, 3.63) is 76.9 Å². The lowest BCUT2D eigenvalue weighted by atomic mass is 9.97. The fourth-order valence-corrected chi connectivity index (χ4v) is 3.50. The van der Waals surface area contributed by atoms with Gasteiger partial charge < -0.3 is 15.4 Å². The van der Waals surface area contributed by atoms with Crippen LogP contribution in [0.3, 0.4) is 0 Å². The van der Waals surface area contributed by atoms with Crippen molar-refractivity contribution in [1.29, 1.82) is 0 Å². The maximum absolute atomic E-state index is 12.5. The van der Waals surface area contributed by atoms with Crippen LogP contribution in [0.2, 0.25) is 0 Å². The van der Waals surface area contributed by atoms with E-state index in [4.69, 9.17) is 4.74 Å². The van der Waals surface area contributed by atoms with Crippen molar-refractivity contribution in [1.82, 2.24) is 10.6 Å². The SMILES string of the molecule is COc1ccccc1CNC(=O)c1cccc(C(=O)NCCC2=CCCCC2)c1. The molecular weight excluding hydrogens is 364 g/mol. The number of carbonyl (C=O) groups is 2. The average Bonchev–Trinajstić information content (AvgIpc) is 2.78. The summed E-state index contributed by atoms with van der Waals surface area (Å²) in [5.74, 6) is 0.354. The van der Waals surface area contributed by atoms with Crippen molar-refractivity contribution < 1.29 is 14.3 Å². The third kappa shape index (κ3) is 5.95. The Morgan fingerprint density at radius 3 is 2.45 bits per heavy atom. The number of hydrogen-bond acceptors (Lipinski definition) is 3. The van der Waals surface area contributed by atoms with Crippen LogP contribution in [0.15, 0.2) is 60.2 Å². The van der Waals surface area contributed by atoms with E-state index in [1.165, 1.54) is 18.4 Å². The lowest BCUT2D eigenvalue weighted by Gasteiger charge is -2.13. The topological polar surface area (TPSA) is 67.4 Å². The predicted molar refractivity (Wildman–Crippen MR) is 114 cm³/mol. The van der Waals surface area contributed by atoms with Crippen LogP contribution in [-0.4, -0.2) is 25.5 Å². The molecule has 0 aliphatic heterocycles. The Morgan fingerprint density at radius 2 is 1.72 bits per heavy atom. The molecule has 2 aromatic rings. The van der Waals surface area contributed by atoms with Crippen LogP contribution in [0.25, 0.3) is 0 Å². The minimum atomic E-state index is -0.224. The van der Waals surface area contributed by atoms with Gasteiger partial charge in [-0.05, 0) is 56.4 Å². The maximum atomic E-state index is 12.5. The minimum absolute atomic E-state index is 0.152. The molecule has 0 bridgehead atoms. The summed E-state index contributed by atoms with van der Waals surface area (Å²) >= 11 is 0. The zero-order chi connectivity index (χ0) is 20.5. The van der Waals surface area contributed by atoms with Gasteiger partial charge >= 0.3 is 0 Å². The molecule has 1 aliphatic rings. The van der Waals surface area contributed by atoms with Crippen molar-refractivity contribution in [3.8, 4) is 5.75 Å². The molecule has 0 saturated heterocycles. The Kier molecular flexibility index (Phi) is 7.45. The monoisotopic (exact) mass is 392 g/mol. The van der Waals surface area contributed by atoms with Gasteiger partial charge in [0, 0.05) is 29.8 Å². The van der Waals surface area contributed by atoms with Gasteiger partial charge in [0.05, 0.1) is 7.11 Å². The summed E-state index contributed by atoms with van der Waals surface area (Å²) in [7, 11) is 1.60. The van der Waals surface area contributed by atoms with Crippen LogP contribution >= 0.6 is 0 Å². The Balaban J connectivity index is 1.54. The number of allylic oxidation sites excluding steroid dienone is 1. The molecule has 5 nitrogen and oxygen atoms in total. The first-order valence-electron chi connectivity index (χ1n) is 10.1. The van der Waals surface area contributed by atoms with Crippen LogP contribution in [0.1, 0.15) is 58.4 Å². The van der Waals surface area contributed by atoms with Gasteiger partial charge in [0.2, 0.25) is 0 Å². The number of ether oxygens (including phenoxy) is 1. The van der Waals surface area contributed by atoms with Gasteiger partial charge in [0.25, 0.3) is 11.8 Å². The van der Waals surface area contributed by atoms with Gasteiger partial charge in [-0.1, -0.05) is 35.9 Å². The van der Waals surface area contributed by atoms with Crippen LogP contribution in [0.5, 0.6) is 5.75 Å². The maximum Gasteiger partial charge on any atom is 0.251 e. The number of benzene rings is 2. The van der Waals surface area contributed by atoms with Gasteiger partial charge in [-0.3, -0.25) is 9.59 Å². The quantitative estimate of drug-likeness (QED) is 0.660. The number of hydrogen-bond donors (Lipinski definition) is 2. The molecule has 5 heteroatoms. The summed E-state index contributed by atoms with van der Waals surface area (Å²) in [5.41, 5.74) is 3.28. The van der Waals surface area contributed by atoms with Crippen molar-refractivity contribution in [3.63, 3.8) is 0 Å². The van der Waals surface area contributed by atoms with Gasteiger partial charge in [-0.15, -0.1) is 0 Å². The highest BCUT2D eigenvalue weighted by Crippen LogP contribution is 2.19. The van der Waals surface area contributed by atoms with E-state index >= 15 is 0 Å². The standard InChI is InChI=1S/C24H28N2O3/c1-29-22-13-6-5-10-21(22)17-26-24(28)20-12-7-11-19(16-20)23(27)25-15-14-18-8-3-2-4-9-18/h5-8,10-13,16H,2-4,9,14-15,17H2,1H3,(H,25,27)(H,26,28). The third-order valence-electron chi connectivity index (χ3n) is 5.14. The van der Waals surface area contributed by atoms with E-state index in [2.05, 4.69) is 16.7 Å². The van der Waals surface area contributed by atoms with Crippen molar-refractivity contribution in [2.45, 2.75) is 38.6 Å². The fraction of sp³-hybridized carbons (Fsp3) is 0.333. The van der Waals surface area contributed by atoms with Crippen molar-refractivity contribution >= 4 is 11.8 Å². The second kappa shape index (κ2) is 10.5. The molecule has 0 aromatic heterocycles. The van der Waals surface area contributed by atoms with Gasteiger partial charge in [-0.25, -0.2) is 0 Å². The highest BCUT2D eigenvalue weighted by Gasteiger charge is 2.12. The van der Waals surface area contributed by atoms with E-state index in [-0.39, 0.29) is 11.8 Å². The number of carbonyl (C=O) groups excluding carboxylic acids is 2. The molecule has 0 heterocycles. The summed E-state index contributed by atoms with van der Waals surface area (Å²) < 4.78 is 5.31. The summed E-state index contributed by atoms with van der Waals surface area (Å²) in [6, 6.07) is 14.4. The number of methoxy groups -OCH3 is 1. The molecule has 3 rings (SSSR count). The molecular formula is C24H28N2O3. The summed E-state index contributed by atoms with van der Waals surface area (Å²) in [5, 5.41) is 5.84. The van der Waals surface area contributed by atoms with E-state index in [1.54, 1.807) is 31.4 Å². The molecule has 0 unspecified atom stereocenters. The van der Waals surface area contributed by atoms with E-state index in [9.17, 15) is 9.59 Å². The Hall–Kier alpha value is -3.08. The Bertz CT molecular complexity index is 889. The smallest absolute Gasteiger partial charge is 0.251 e. The number of rotatable bonds is 8. The zero-order valence-electron chi connectivity index (χ0n) is 16.9. The summed E-state index contributed by atoms with van der Waals surface area (Å²) in [6.45, 7) is 0.975. The van der Waals surface area contributed by atoms with E-state index in [0.717, 1.165) is 30.6 Å². The molecule has 0 spiro atoms. The van der Waals surface area contributed by atoms with Crippen LogP contribution < -0.4 is 15.4 Å². The molecule has 2 N–H and O–H groups in total. The fourth-order valence-electron chi connectivity index (χ4n) is 3.50. The molecule has 29 heavy (non-hydrogen) atoms. The molecule has 152 valence electrons. The first kappa shape index (κ1) is 20.6. The summed E-state index contributed by atoms with van der Waals surface area (Å²) in [4.78, 5) is 25.0. The molecule has 0 radical (unpaired) electrons. The predicted octanol–water partition coefficient (Wildman–Crippen LogP) is 4.25. The number of nitrogens with one attached hydrogen (secondary N) is 2. The number of para-hydroxylation sites is 1. The molecule has 0 saturated carbocycles. The van der Waals surface area contributed by atoms with Crippen LogP contribution in [-0.2, 0) is 6.54 Å². The summed E-state index contributed by atoms with van der Waals surface area (Å²) in [6.07, 6.45) is 7.98. The van der Waals surface area contributed by atoms with E-state index in [0.29, 0.717) is 24.2 Å². The molecule has 0 atom stereocenters. The third-order valence-corrected chi connectivity index (χ3v) is 5.14. The molecule has 1 aliphatic carbocycles. The largest absolute Gasteiger partial charge is 0.496 e. The second-order valence-electron chi connectivity index (χ2n) is 7.19. The number of amides is 2. The zero-order valence-corrected chi connectivity index (χ0v) is 16.9. The lowest BCUT2D eigenvalue weighted by molar-refractivity contribution is 0.0950. The Labute approximate surface area is 172 Å². The van der Waals surface area contributed by atoms with Crippen molar-refractivity contribution in [2.75, 3.05) is 13.7 Å². The van der Waals surface area contributed by atoms with Crippen molar-refractivity contribution in [2.24, 2.45) is 0 Å². The first-order valence-corrected chi connectivity index (χ1v) is 10.1. The highest BCUT2D eigenvalue weighted by molar-refractivity contribution is 5.99. The van der Waals surface area contributed by atoms with E-state index in [1.807, 2.05) is 24.3 Å². The molecule has 2 aromatic carbocycles. The van der Waals surface area contributed by atoms with E-state index < -0.39 is 0 Å². The second-order valence-corrected chi connectivity index (χ2v) is 7.19. The first-order chi connectivity index (χ1) is 14.2. The normalized spacial score (nSPS) is 13.3. The highest BCUT2D eigenvalue weighted by atomic mass is 16.5. The van der Waals surface area contributed by atoms with Gasteiger partial charge in [0.1, 0.15) is 5.75 Å². The van der Waals surface area contributed by atoms with Gasteiger partial charge in [0.15, 0.2) is 0 Å². The average molecular weight is 392 g/mol. The van der Waals surface area contributed by atoms with Crippen LogP contribution in [0, 0.1) is 0 Å². The molecule has 0 fully saturated rings. The van der Waals surface area contributed by atoms with Gasteiger partial charge in [-0.2, -0.15) is 0 Å². The minimum Gasteiger partial charge on any atom is -0.496 e.